The molecule has 0 radical (unpaired) electrons. The molecule has 3 N–H and O–H groups in total. The van der Waals surface area contributed by atoms with Crippen LogP contribution in [0.1, 0.15) is 0 Å². The summed E-state index contributed by atoms with van der Waals surface area (Å²) in [5.41, 5.74) is 0. The lowest BCUT2D eigenvalue weighted by atomic mass is 10.2. The second-order valence-corrected chi connectivity index (χ2v) is 4.52. The van der Waals surface area contributed by atoms with E-state index in [1.54, 1.807) is 6.20 Å². The summed E-state index contributed by atoms with van der Waals surface area (Å²) in [4.78, 5) is 11.6. The fraction of sp³-hybridized carbons (Fsp3) is 0.636. The van der Waals surface area contributed by atoms with Crippen LogP contribution in [0.25, 0.3) is 0 Å². The molecule has 2 rings (SSSR count). The molecule has 1 aromatic rings. The van der Waals surface area contributed by atoms with Gasteiger partial charge in [-0.3, -0.25) is 9.89 Å². The Morgan fingerprint density at radius 3 is 3.00 bits per heavy atom. The average Bonchev–Trinajstić information content (AvgIpc) is 3.01. The van der Waals surface area contributed by atoms with Gasteiger partial charge in [0, 0.05) is 0 Å². The van der Waals surface area contributed by atoms with E-state index in [0.717, 1.165) is 0 Å². The number of nitrogens with one attached hydrogen (secondary N) is 3. The third-order valence-electron chi connectivity index (χ3n) is 2.75. The maximum absolute atomic E-state index is 11.9. The molecule has 0 unspecified atom stereocenters. The van der Waals surface area contributed by atoms with Crippen LogP contribution in [0.3, 0.4) is 0 Å². The molecule has 2 atom stereocenters. The number of carbonyl (C=O) groups is 1. The normalized spacial score (nSPS) is 22.2. The maximum Gasteiger partial charge on any atom is 0.401 e. The number of amides is 1. The molecule has 1 aromatic heterocycles. The van der Waals surface area contributed by atoms with Gasteiger partial charge in [-0.05, 0) is 0 Å². The summed E-state index contributed by atoms with van der Waals surface area (Å²) in [6.45, 7) is -1.11. The van der Waals surface area contributed by atoms with Crippen molar-refractivity contribution in [1.29, 1.82) is 0 Å². The first-order valence-electron chi connectivity index (χ1n) is 6.24. The largest absolute Gasteiger partial charge is 0.482 e. The second kappa shape index (κ2) is 6.76. The van der Waals surface area contributed by atoms with Crippen LogP contribution in [0.5, 0.6) is 5.75 Å². The Morgan fingerprint density at radius 1 is 1.52 bits per heavy atom. The molecule has 2 heterocycles. The quantitative estimate of drug-likeness (QED) is 0.679. The van der Waals surface area contributed by atoms with Crippen LogP contribution in [0.15, 0.2) is 12.4 Å². The van der Waals surface area contributed by atoms with E-state index in [-0.39, 0.29) is 13.2 Å². The third kappa shape index (κ3) is 5.23. The first-order chi connectivity index (χ1) is 9.94. The van der Waals surface area contributed by atoms with Crippen molar-refractivity contribution in [2.75, 3.05) is 26.3 Å². The zero-order chi connectivity index (χ0) is 15.3. The van der Waals surface area contributed by atoms with Gasteiger partial charge >= 0.3 is 6.18 Å². The van der Waals surface area contributed by atoms with Crippen LogP contribution in [0.4, 0.5) is 13.2 Å². The van der Waals surface area contributed by atoms with E-state index in [4.69, 9.17) is 9.47 Å². The Bertz CT molecular complexity index is 452. The Morgan fingerprint density at radius 2 is 2.33 bits per heavy atom. The van der Waals surface area contributed by atoms with Crippen molar-refractivity contribution in [3.8, 4) is 5.75 Å². The van der Waals surface area contributed by atoms with Gasteiger partial charge in [0.1, 0.15) is 6.10 Å². The summed E-state index contributed by atoms with van der Waals surface area (Å²) in [7, 11) is 0. The van der Waals surface area contributed by atoms with Crippen molar-refractivity contribution < 1.29 is 27.4 Å². The summed E-state index contributed by atoms with van der Waals surface area (Å²) in [6.07, 6.45) is -1.73. The van der Waals surface area contributed by atoms with Gasteiger partial charge in [-0.1, -0.05) is 0 Å². The molecule has 1 aliphatic heterocycles. The lowest BCUT2D eigenvalue weighted by Crippen LogP contribution is -2.48. The molecule has 1 saturated heterocycles. The fourth-order valence-corrected chi connectivity index (χ4v) is 1.84. The highest BCUT2D eigenvalue weighted by atomic mass is 19.4. The minimum Gasteiger partial charge on any atom is -0.482 e. The van der Waals surface area contributed by atoms with E-state index in [9.17, 15) is 18.0 Å². The van der Waals surface area contributed by atoms with Crippen LogP contribution in [-0.4, -0.2) is 60.7 Å². The first kappa shape index (κ1) is 15.6. The zero-order valence-corrected chi connectivity index (χ0v) is 10.9. The molecule has 10 heteroatoms. The summed E-state index contributed by atoms with van der Waals surface area (Å²) in [5, 5.41) is 10.9. The van der Waals surface area contributed by atoms with E-state index in [1.807, 2.05) is 5.32 Å². The predicted molar refractivity (Wildman–Crippen MR) is 64.7 cm³/mol. The maximum atomic E-state index is 11.9. The highest BCUT2D eigenvalue weighted by Crippen LogP contribution is 2.15. The molecule has 0 spiro atoms. The monoisotopic (exact) mass is 308 g/mol. The second-order valence-electron chi connectivity index (χ2n) is 4.52. The van der Waals surface area contributed by atoms with E-state index in [1.165, 1.54) is 6.20 Å². The number of ether oxygens (including phenoxy) is 2. The van der Waals surface area contributed by atoms with Crippen molar-refractivity contribution >= 4 is 5.91 Å². The van der Waals surface area contributed by atoms with E-state index >= 15 is 0 Å². The molecule has 0 aliphatic carbocycles. The Kier molecular flexibility index (Phi) is 5.02. The number of hydrogen-bond donors (Lipinski definition) is 3. The number of halogens is 3. The smallest absolute Gasteiger partial charge is 0.401 e. The van der Waals surface area contributed by atoms with Gasteiger partial charge in [-0.25, -0.2) is 0 Å². The van der Waals surface area contributed by atoms with Crippen molar-refractivity contribution in [3.63, 3.8) is 0 Å². The molecule has 0 saturated carbocycles. The van der Waals surface area contributed by atoms with E-state index in [0.29, 0.717) is 5.75 Å². The topological polar surface area (TPSA) is 88.3 Å². The van der Waals surface area contributed by atoms with Gasteiger partial charge in [0.15, 0.2) is 5.75 Å². The van der Waals surface area contributed by atoms with Crippen molar-refractivity contribution in [3.05, 3.63) is 12.4 Å². The first-order valence-corrected chi connectivity index (χ1v) is 6.24. The van der Waals surface area contributed by atoms with Crippen molar-refractivity contribution in [2.45, 2.75) is 18.3 Å². The molecular weight excluding hydrogens is 293 g/mol. The number of rotatable bonds is 6. The van der Waals surface area contributed by atoms with Gasteiger partial charge < -0.3 is 20.1 Å². The molecular formula is C11H15F3N4O3. The number of aromatic nitrogens is 2. The van der Waals surface area contributed by atoms with Crippen LogP contribution in [0.2, 0.25) is 0 Å². The molecule has 21 heavy (non-hydrogen) atoms. The minimum absolute atomic E-state index is 0.244. The molecule has 1 aliphatic rings. The zero-order valence-electron chi connectivity index (χ0n) is 10.9. The molecule has 1 fully saturated rings. The van der Waals surface area contributed by atoms with Crippen LogP contribution < -0.4 is 15.4 Å². The fourth-order valence-electron chi connectivity index (χ4n) is 1.84. The van der Waals surface area contributed by atoms with Crippen molar-refractivity contribution in [2.24, 2.45) is 0 Å². The average molecular weight is 308 g/mol. The highest BCUT2D eigenvalue weighted by molar-refractivity contribution is 5.78. The Hall–Kier alpha value is -1.81. The summed E-state index contributed by atoms with van der Waals surface area (Å²) in [6, 6.07) is -0.417. The van der Waals surface area contributed by atoms with Gasteiger partial charge in [0.25, 0.3) is 0 Å². The molecule has 1 amide bonds. The number of carbonyl (C=O) groups excluding carboxylic acids is 1. The van der Waals surface area contributed by atoms with Crippen LogP contribution in [0, 0.1) is 0 Å². The lowest BCUT2D eigenvalue weighted by Gasteiger charge is -2.19. The summed E-state index contributed by atoms with van der Waals surface area (Å²) >= 11 is 0. The number of alkyl halides is 3. The standard InChI is InChI=1S/C11H15F3N4O3/c12-11(13,14)6-15-3-10(19)18-8-4-20-5-9(8)21-7-1-16-17-2-7/h1-2,8-9,15H,3-6H2,(H,16,17)(H,18,19)/t8-,9+/m0/s1. The number of hydrogen-bond acceptors (Lipinski definition) is 5. The van der Waals surface area contributed by atoms with Gasteiger partial charge in [-0.15, -0.1) is 0 Å². The number of nitrogens with zero attached hydrogens (tertiary/aromatic N) is 1. The predicted octanol–water partition coefficient (Wildman–Crippen LogP) is -0.176. The van der Waals surface area contributed by atoms with Gasteiger partial charge in [0.2, 0.25) is 5.91 Å². The Balaban J connectivity index is 1.74. The highest BCUT2D eigenvalue weighted by Gasteiger charge is 2.32. The third-order valence-corrected chi connectivity index (χ3v) is 2.75. The van der Waals surface area contributed by atoms with E-state index < -0.39 is 37.3 Å². The SMILES string of the molecule is O=C(CNCC(F)(F)F)N[C@H]1COC[C@H]1Oc1cn[nH]c1. The van der Waals surface area contributed by atoms with Gasteiger partial charge in [-0.2, -0.15) is 18.3 Å². The minimum atomic E-state index is -4.34. The molecule has 118 valence electrons. The van der Waals surface area contributed by atoms with Gasteiger partial charge in [0.05, 0.1) is 44.7 Å². The molecule has 0 aromatic carbocycles. The summed E-state index contributed by atoms with van der Waals surface area (Å²) in [5.74, 6) is -0.0458. The van der Waals surface area contributed by atoms with E-state index in [2.05, 4.69) is 15.5 Å². The van der Waals surface area contributed by atoms with Crippen LogP contribution >= 0.6 is 0 Å². The number of aromatic amines is 1. The lowest BCUT2D eigenvalue weighted by molar-refractivity contribution is -0.128. The molecule has 0 bridgehead atoms. The Labute approximate surface area is 118 Å². The summed E-state index contributed by atoms with van der Waals surface area (Å²) < 4.78 is 46.6. The van der Waals surface area contributed by atoms with Crippen molar-refractivity contribution in [1.82, 2.24) is 20.8 Å². The van der Waals surface area contributed by atoms with Crippen LogP contribution in [-0.2, 0) is 9.53 Å². The molecule has 7 nitrogen and oxygen atoms in total. The number of H-pyrrole nitrogens is 1.